The van der Waals surface area contributed by atoms with E-state index in [0.29, 0.717) is 10.8 Å². The summed E-state index contributed by atoms with van der Waals surface area (Å²) in [6.07, 6.45) is 13.4. The maximum atomic E-state index is 6.31. The van der Waals surface area contributed by atoms with Crippen LogP contribution in [-0.4, -0.2) is 17.6 Å². The Morgan fingerprint density at radius 3 is 2.25 bits per heavy atom. The highest BCUT2D eigenvalue weighted by atomic mass is 35.5. The van der Waals surface area contributed by atoms with Crippen molar-refractivity contribution in [2.24, 2.45) is 5.41 Å². The topological polar surface area (TPSA) is 9.23 Å². The number of halogens is 1. The molecule has 1 saturated heterocycles. The molecular weight excluding hydrogens is 220 g/mol. The molecule has 0 aromatic heterocycles. The summed E-state index contributed by atoms with van der Waals surface area (Å²) in [6, 6.07) is 0. The van der Waals surface area contributed by atoms with E-state index in [-0.39, 0.29) is 5.60 Å². The van der Waals surface area contributed by atoms with Crippen molar-refractivity contribution in [2.75, 3.05) is 6.61 Å². The van der Waals surface area contributed by atoms with E-state index in [1.807, 2.05) is 0 Å². The number of alkyl halides is 1. The lowest BCUT2D eigenvalue weighted by atomic mass is 9.66. The molecule has 0 bridgehead atoms. The van der Waals surface area contributed by atoms with Gasteiger partial charge in [0.15, 0.2) is 0 Å². The summed E-state index contributed by atoms with van der Waals surface area (Å²) >= 11 is 6.31. The van der Waals surface area contributed by atoms with Crippen LogP contribution < -0.4 is 0 Å². The molecule has 0 aromatic rings. The van der Waals surface area contributed by atoms with Crippen molar-refractivity contribution >= 4 is 11.6 Å². The van der Waals surface area contributed by atoms with Gasteiger partial charge in [0, 0.05) is 12.0 Å². The Bertz CT molecular complexity index is 247. The predicted molar refractivity (Wildman–Crippen MR) is 66.9 cm³/mol. The highest BCUT2D eigenvalue weighted by Gasteiger charge is 2.46. The van der Waals surface area contributed by atoms with Gasteiger partial charge in [0.2, 0.25) is 0 Å². The smallest absolute Gasteiger partial charge is 0.0697 e. The molecule has 1 aliphatic heterocycles. The largest absolute Gasteiger partial charge is 0.375 e. The molecule has 1 unspecified atom stereocenters. The second-order valence-corrected chi connectivity index (χ2v) is 6.95. The summed E-state index contributed by atoms with van der Waals surface area (Å²) in [7, 11) is 0. The van der Waals surface area contributed by atoms with Gasteiger partial charge < -0.3 is 4.74 Å². The molecule has 1 heterocycles. The number of rotatable bonds is 0. The van der Waals surface area contributed by atoms with Gasteiger partial charge in [-0.05, 0) is 56.8 Å². The van der Waals surface area contributed by atoms with Crippen LogP contribution in [0.3, 0.4) is 0 Å². The zero-order valence-corrected chi connectivity index (χ0v) is 10.9. The van der Waals surface area contributed by atoms with Crippen LogP contribution in [-0.2, 0) is 4.74 Å². The van der Waals surface area contributed by atoms with Gasteiger partial charge in [0.05, 0.1) is 5.60 Å². The Morgan fingerprint density at radius 1 is 0.938 bits per heavy atom. The quantitative estimate of drug-likeness (QED) is 0.577. The third kappa shape index (κ3) is 2.01. The van der Waals surface area contributed by atoms with Gasteiger partial charge in [0.25, 0.3) is 0 Å². The number of hydrogen-bond donors (Lipinski definition) is 0. The average Bonchev–Trinajstić information content (AvgIpc) is 2.73. The van der Waals surface area contributed by atoms with Crippen molar-refractivity contribution < 1.29 is 4.74 Å². The van der Waals surface area contributed by atoms with E-state index in [9.17, 15) is 0 Å². The lowest BCUT2D eigenvalue weighted by Crippen LogP contribution is -2.45. The Morgan fingerprint density at radius 2 is 1.62 bits per heavy atom. The first-order chi connectivity index (χ1) is 7.72. The minimum Gasteiger partial charge on any atom is -0.375 e. The summed E-state index contributed by atoms with van der Waals surface area (Å²) in [6.45, 7) is 0.890. The van der Waals surface area contributed by atoms with Gasteiger partial charge in [-0.1, -0.05) is 12.8 Å². The molecule has 2 aliphatic carbocycles. The van der Waals surface area contributed by atoms with Crippen molar-refractivity contribution in [1.82, 2.24) is 0 Å². The van der Waals surface area contributed by atoms with Gasteiger partial charge in [-0.3, -0.25) is 0 Å². The Hall–Kier alpha value is 0.250. The Kier molecular flexibility index (Phi) is 2.96. The first-order valence-corrected chi connectivity index (χ1v) is 7.44. The zero-order chi connectivity index (χ0) is 11.1. The van der Waals surface area contributed by atoms with Gasteiger partial charge in [-0.2, -0.15) is 0 Å². The van der Waals surface area contributed by atoms with Crippen LogP contribution in [0.4, 0.5) is 0 Å². The van der Waals surface area contributed by atoms with Crippen molar-refractivity contribution in [2.45, 2.75) is 75.2 Å². The number of hydrogen-bond acceptors (Lipinski definition) is 1. The second-order valence-electron chi connectivity index (χ2n) is 6.33. The fourth-order valence-corrected chi connectivity index (χ4v) is 4.55. The van der Waals surface area contributed by atoms with E-state index in [1.165, 1.54) is 51.4 Å². The van der Waals surface area contributed by atoms with Gasteiger partial charge in [0.1, 0.15) is 0 Å². The van der Waals surface area contributed by atoms with Crippen LogP contribution in [0.5, 0.6) is 0 Å². The third-order valence-electron chi connectivity index (χ3n) is 5.32. The van der Waals surface area contributed by atoms with Crippen LogP contribution in [0.1, 0.15) is 64.2 Å². The van der Waals surface area contributed by atoms with Crippen LogP contribution in [0.25, 0.3) is 0 Å². The molecule has 1 nitrogen and oxygen atoms in total. The third-order valence-corrected chi connectivity index (χ3v) is 5.69. The highest BCUT2D eigenvalue weighted by molar-refractivity contribution is 6.20. The summed E-state index contributed by atoms with van der Waals surface area (Å²) in [5, 5.41) is 0.367. The van der Waals surface area contributed by atoms with E-state index in [2.05, 4.69) is 0 Å². The van der Waals surface area contributed by atoms with Crippen LogP contribution in [0, 0.1) is 5.41 Å². The molecule has 16 heavy (non-hydrogen) atoms. The summed E-state index contributed by atoms with van der Waals surface area (Å²) in [5.74, 6) is 0. The van der Waals surface area contributed by atoms with E-state index in [1.54, 1.807) is 0 Å². The van der Waals surface area contributed by atoms with E-state index < -0.39 is 0 Å². The van der Waals surface area contributed by atoms with Crippen molar-refractivity contribution in [3.63, 3.8) is 0 Å². The molecule has 3 fully saturated rings. The Balaban J connectivity index is 1.64. The summed E-state index contributed by atoms with van der Waals surface area (Å²) < 4.78 is 6.10. The van der Waals surface area contributed by atoms with E-state index in [4.69, 9.17) is 16.3 Å². The zero-order valence-electron chi connectivity index (χ0n) is 10.1. The fraction of sp³-hybridized carbons (Fsp3) is 1.00. The monoisotopic (exact) mass is 242 g/mol. The van der Waals surface area contributed by atoms with Gasteiger partial charge in [-0.25, -0.2) is 0 Å². The summed E-state index contributed by atoms with van der Waals surface area (Å²) in [4.78, 5) is 0. The average molecular weight is 243 g/mol. The van der Waals surface area contributed by atoms with Crippen molar-refractivity contribution in [3.05, 3.63) is 0 Å². The van der Waals surface area contributed by atoms with E-state index >= 15 is 0 Å². The minimum atomic E-state index is 0.179. The maximum absolute atomic E-state index is 6.31. The Labute approximate surface area is 104 Å². The molecule has 2 heteroatoms. The molecule has 2 spiro atoms. The molecule has 92 valence electrons. The molecule has 0 N–H and O–H groups in total. The molecular formula is C14H23ClO. The predicted octanol–water partition coefficient (Wildman–Crippen LogP) is 4.28. The van der Waals surface area contributed by atoms with Crippen molar-refractivity contribution in [1.29, 1.82) is 0 Å². The summed E-state index contributed by atoms with van der Waals surface area (Å²) in [5.41, 5.74) is 0.895. The lowest BCUT2D eigenvalue weighted by Gasteiger charge is -2.47. The standard InChI is InChI=1S/C14H23ClO/c15-12-3-10-16-14(11-12)8-6-13(7-9-14)4-1-2-5-13/h12H,1-11H2. The SMILES string of the molecule is ClC1CCOC2(CCC3(CCCC3)CC2)C1. The van der Waals surface area contributed by atoms with E-state index in [0.717, 1.165) is 19.4 Å². The molecule has 3 rings (SSSR count). The second kappa shape index (κ2) is 4.17. The molecule has 1 atom stereocenters. The fourth-order valence-electron chi connectivity index (χ4n) is 4.18. The van der Waals surface area contributed by atoms with Crippen LogP contribution >= 0.6 is 11.6 Å². The molecule has 3 aliphatic rings. The first kappa shape index (κ1) is 11.3. The van der Waals surface area contributed by atoms with Crippen molar-refractivity contribution in [3.8, 4) is 0 Å². The minimum absolute atomic E-state index is 0.179. The molecule has 0 amide bonds. The number of ether oxygens (including phenoxy) is 1. The van der Waals surface area contributed by atoms with Crippen LogP contribution in [0.2, 0.25) is 0 Å². The van der Waals surface area contributed by atoms with Gasteiger partial charge in [-0.15, -0.1) is 11.6 Å². The van der Waals surface area contributed by atoms with Gasteiger partial charge >= 0.3 is 0 Å². The maximum Gasteiger partial charge on any atom is 0.0697 e. The molecule has 0 aromatic carbocycles. The lowest BCUT2D eigenvalue weighted by molar-refractivity contribution is -0.116. The normalized spacial score (nSPS) is 36.9. The highest BCUT2D eigenvalue weighted by Crippen LogP contribution is 2.53. The molecule has 2 saturated carbocycles. The first-order valence-electron chi connectivity index (χ1n) is 7.00. The molecule has 0 radical (unpaired) electrons. The van der Waals surface area contributed by atoms with Crippen LogP contribution in [0.15, 0.2) is 0 Å².